The van der Waals surface area contributed by atoms with Crippen molar-refractivity contribution in [2.45, 2.75) is 0 Å². The molecule has 1 aromatic heterocycles. The Labute approximate surface area is 181 Å². The largest absolute Gasteiger partial charge is 0.345 e. The van der Waals surface area contributed by atoms with E-state index in [1.54, 1.807) is 0 Å². The lowest BCUT2D eigenvalue weighted by Gasteiger charge is -2.16. The van der Waals surface area contributed by atoms with Crippen molar-refractivity contribution in [1.82, 2.24) is 4.57 Å². The van der Waals surface area contributed by atoms with E-state index in [2.05, 4.69) is 76.6 Å². The fraction of sp³-hybridized carbons (Fsp3) is 0. The average Bonchev–Trinajstić information content (AvgIpc) is 3.13. The van der Waals surface area contributed by atoms with Crippen LogP contribution in [-0.4, -0.2) is 9.56 Å². The van der Waals surface area contributed by atoms with Gasteiger partial charge in [-0.15, -0.1) is 0 Å². The summed E-state index contributed by atoms with van der Waals surface area (Å²) < 4.78 is 2.26. The smallest absolute Gasteiger partial charge is 0.128 e. The maximum absolute atomic E-state index is 5.93. The van der Waals surface area contributed by atoms with Gasteiger partial charge in [0.15, 0.2) is 0 Å². The summed E-state index contributed by atoms with van der Waals surface area (Å²) in [5.41, 5.74) is 5.29. The topological polar surface area (TPSA) is 17.0 Å². The van der Waals surface area contributed by atoms with Gasteiger partial charge in [0.25, 0.3) is 0 Å². The van der Waals surface area contributed by atoms with E-state index in [9.17, 15) is 0 Å². The van der Waals surface area contributed by atoms with E-state index < -0.39 is 0 Å². The number of fused-ring (bicyclic) bond motifs is 3. The van der Waals surface area contributed by atoms with Gasteiger partial charge in [0.05, 0.1) is 16.7 Å². The summed E-state index contributed by atoms with van der Waals surface area (Å²) in [6.07, 6.45) is 2.15. The number of thiocarbonyl (C=S) groups is 1. The molecule has 0 radical (unpaired) electrons. The average molecular weight is 405 g/mol. The first kappa shape index (κ1) is 18.3. The standard InChI is InChI=1S/C27H20N2S/c30-27(28-21-13-5-2-6-14-21)26(19-20-11-3-1-4-12-20)29-24-17-9-7-15-22(24)23-16-8-10-18-25(23)29/h1-19H,(H,28,30)/b26-19-. The summed E-state index contributed by atoms with van der Waals surface area (Å²) in [7, 11) is 0. The summed E-state index contributed by atoms with van der Waals surface area (Å²) in [6, 6.07) is 37.3. The maximum atomic E-state index is 5.93. The quantitative estimate of drug-likeness (QED) is 0.251. The van der Waals surface area contributed by atoms with Gasteiger partial charge >= 0.3 is 0 Å². The minimum absolute atomic E-state index is 0.677. The Balaban J connectivity index is 1.75. The normalized spacial score (nSPS) is 11.7. The van der Waals surface area contributed by atoms with E-state index >= 15 is 0 Å². The minimum Gasteiger partial charge on any atom is -0.345 e. The van der Waals surface area contributed by atoms with Crippen molar-refractivity contribution in [2.75, 3.05) is 5.32 Å². The fourth-order valence-electron chi connectivity index (χ4n) is 3.84. The highest BCUT2D eigenvalue weighted by atomic mass is 32.1. The van der Waals surface area contributed by atoms with Crippen molar-refractivity contribution in [3.8, 4) is 0 Å². The van der Waals surface area contributed by atoms with E-state index in [4.69, 9.17) is 12.2 Å². The van der Waals surface area contributed by atoms with Gasteiger partial charge in [-0.2, -0.15) is 0 Å². The molecule has 3 heteroatoms. The molecule has 0 unspecified atom stereocenters. The van der Waals surface area contributed by atoms with Gasteiger partial charge in [-0.1, -0.05) is 97.1 Å². The first-order valence-electron chi connectivity index (χ1n) is 9.93. The number of aromatic nitrogens is 1. The molecule has 0 fully saturated rings. The number of nitrogens with zero attached hydrogens (tertiary/aromatic N) is 1. The molecule has 5 aromatic rings. The molecule has 0 spiro atoms. The van der Waals surface area contributed by atoms with Crippen LogP contribution in [-0.2, 0) is 0 Å². The third-order valence-corrected chi connectivity index (χ3v) is 5.50. The maximum Gasteiger partial charge on any atom is 0.128 e. The Morgan fingerprint density at radius 1 is 0.633 bits per heavy atom. The molecule has 0 amide bonds. The van der Waals surface area contributed by atoms with E-state index in [-0.39, 0.29) is 0 Å². The highest BCUT2D eigenvalue weighted by molar-refractivity contribution is 7.81. The lowest BCUT2D eigenvalue weighted by Crippen LogP contribution is -2.15. The Hall–Kier alpha value is -3.69. The second-order valence-corrected chi connectivity index (χ2v) is 7.54. The van der Waals surface area contributed by atoms with Gasteiger partial charge < -0.3 is 9.88 Å². The van der Waals surface area contributed by atoms with Gasteiger partial charge in [-0.05, 0) is 35.9 Å². The molecule has 0 saturated heterocycles. The van der Waals surface area contributed by atoms with E-state index in [1.807, 2.05) is 48.5 Å². The zero-order chi connectivity index (χ0) is 20.3. The van der Waals surface area contributed by atoms with Crippen molar-refractivity contribution in [1.29, 1.82) is 0 Å². The Morgan fingerprint density at radius 3 is 1.73 bits per heavy atom. The molecule has 0 bridgehead atoms. The van der Waals surface area contributed by atoms with Gasteiger partial charge in [-0.25, -0.2) is 0 Å². The molecule has 0 aliphatic rings. The van der Waals surface area contributed by atoms with Crippen LogP contribution < -0.4 is 5.32 Å². The highest BCUT2D eigenvalue weighted by Gasteiger charge is 2.16. The van der Waals surface area contributed by atoms with Crippen LogP contribution in [0.1, 0.15) is 5.56 Å². The molecule has 4 aromatic carbocycles. The molecule has 2 nitrogen and oxygen atoms in total. The van der Waals surface area contributed by atoms with Crippen molar-refractivity contribution >= 4 is 56.5 Å². The lowest BCUT2D eigenvalue weighted by atomic mass is 10.2. The number of benzene rings is 4. The molecule has 1 N–H and O–H groups in total. The van der Waals surface area contributed by atoms with Crippen molar-refractivity contribution in [2.24, 2.45) is 0 Å². The number of anilines is 1. The zero-order valence-corrected chi connectivity index (χ0v) is 17.1. The third-order valence-electron chi connectivity index (χ3n) is 5.19. The lowest BCUT2D eigenvalue weighted by molar-refractivity contribution is 1.26. The van der Waals surface area contributed by atoms with E-state index in [0.717, 1.165) is 28.0 Å². The Kier molecular flexibility index (Phi) is 4.88. The van der Waals surface area contributed by atoms with Crippen LogP contribution in [0.4, 0.5) is 5.69 Å². The third kappa shape index (κ3) is 3.40. The predicted molar refractivity (Wildman–Crippen MR) is 133 cm³/mol. The van der Waals surface area contributed by atoms with Crippen LogP contribution in [0.15, 0.2) is 109 Å². The van der Waals surface area contributed by atoms with Crippen molar-refractivity contribution < 1.29 is 0 Å². The molecule has 1 heterocycles. The number of para-hydroxylation sites is 3. The summed E-state index contributed by atoms with van der Waals surface area (Å²) in [5.74, 6) is 0. The molecular weight excluding hydrogens is 384 g/mol. The second kappa shape index (κ2) is 7.97. The monoisotopic (exact) mass is 404 g/mol. The van der Waals surface area contributed by atoms with Crippen LogP contribution >= 0.6 is 12.2 Å². The van der Waals surface area contributed by atoms with Gasteiger partial charge in [0.1, 0.15) is 4.99 Å². The zero-order valence-electron chi connectivity index (χ0n) is 16.3. The van der Waals surface area contributed by atoms with Gasteiger partial charge in [0, 0.05) is 16.5 Å². The summed E-state index contributed by atoms with van der Waals surface area (Å²) in [5, 5.41) is 5.86. The van der Waals surface area contributed by atoms with Crippen LogP contribution in [0, 0.1) is 0 Å². The van der Waals surface area contributed by atoms with Crippen LogP contribution in [0.5, 0.6) is 0 Å². The summed E-state index contributed by atoms with van der Waals surface area (Å²) in [6.45, 7) is 0. The first-order chi connectivity index (χ1) is 14.8. The highest BCUT2D eigenvalue weighted by Crippen LogP contribution is 2.33. The van der Waals surface area contributed by atoms with Crippen molar-refractivity contribution in [3.05, 3.63) is 115 Å². The predicted octanol–water partition coefficient (Wildman–Crippen LogP) is 7.23. The summed E-state index contributed by atoms with van der Waals surface area (Å²) >= 11 is 5.93. The van der Waals surface area contributed by atoms with E-state index in [0.29, 0.717) is 4.99 Å². The van der Waals surface area contributed by atoms with Crippen molar-refractivity contribution in [3.63, 3.8) is 0 Å². The molecule has 0 aliphatic carbocycles. The number of hydrogen-bond donors (Lipinski definition) is 1. The van der Waals surface area contributed by atoms with Gasteiger partial charge in [0.2, 0.25) is 0 Å². The van der Waals surface area contributed by atoms with Crippen LogP contribution in [0.25, 0.3) is 33.6 Å². The number of rotatable bonds is 4. The van der Waals surface area contributed by atoms with Crippen LogP contribution in [0.2, 0.25) is 0 Å². The molecule has 144 valence electrons. The number of hydrogen-bond acceptors (Lipinski definition) is 1. The fourth-order valence-corrected chi connectivity index (χ4v) is 4.11. The Morgan fingerprint density at radius 2 is 1.13 bits per heavy atom. The second-order valence-electron chi connectivity index (χ2n) is 7.13. The van der Waals surface area contributed by atoms with Gasteiger partial charge in [-0.3, -0.25) is 0 Å². The van der Waals surface area contributed by atoms with E-state index in [1.165, 1.54) is 10.8 Å². The van der Waals surface area contributed by atoms with Crippen LogP contribution in [0.3, 0.4) is 0 Å². The first-order valence-corrected chi connectivity index (χ1v) is 10.3. The Bertz CT molecular complexity index is 1310. The molecule has 30 heavy (non-hydrogen) atoms. The SMILES string of the molecule is S=C(Nc1ccccc1)/C(=C/c1ccccc1)n1c2ccccc2c2ccccc21. The molecule has 0 aliphatic heterocycles. The molecular formula is C27H20N2S. The molecule has 0 saturated carbocycles. The summed E-state index contributed by atoms with van der Waals surface area (Å²) in [4.78, 5) is 0.677. The minimum atomic E-state index is 0.677. The molecule has 0 atom stereocenters. The number of nitrogens with one attached hydrogen (secondary N) is 1. The molecule has 5 rings (SSSR count).